The molecule has 8 nitrogen and oxygen atoms in total. The summed E-state index contributed by atoms with van der Waals surface area (Å²) in [5.41, 5.74) is 5.35. The molecular formula is C27H30F3N5O3. The second-order valence-electron chi connectivity index (χ2n) is 9.84. The van der Waals surface area contributed by atoms with Crippen molar-refractivity contribution in [2.75, 3.05) is 13.1 Å². The molecule has 0 unspecified atom stereocenters. The lowest BCUT2D eigenvalue weighted by atomic mass is 9.75. The van der Waals surface area contributed by atoms with E-state index in [0.717, 1.165) is 59.5 Å². The number of H-pyrrole nitrogens is 1. The maximum absolute atomic E-state index is 13.2. The maximum atomic E-state index is 13.2. The first kappa shape index (κ1) is 27.3. The highest BCUT2D eigenvalue weighted by Crippen LogP contribution is 2.36. The molecule has 11 heteroatoms. The predicted octanol–water partition coefficient (Wildman–Crippen LogP) is 5.44. The Morgan fingerprint density at radius 2 is 1.76 bits per heavy atom. The summed E-state index contributed by atoms with van der Waals surface area (Å²) in [5, 5.41) is 7.12. The lowest BCUT2D eigenvalue weighted by Crippen LogP contribution is -2.44. The third-order valence-electron chi connectivity index (χ3n) is 7.27. The van der Waals surface area contributed by atoms with Crippen molar-refractivity contribution in [1.82, 2.24) is 24.8 Å². The molecule has 2 atom stereocenters. The molecule has 1 amide bonds. The van der Waals surface area contributed by atoms with Gasteiger partial charge >= 0.3 is 12.1 Å². The number of piperidine rings is 1. The number of aromatic nitrogens is 4. The highest BCUT2D eigenvalue weighted by Gasteiger charge is 2.38. The minimum Gasteiger partial charge on any atom is -0.475 e. The van der Waals surface area contributed by atoms with Crippen molar-refractivity contribution < 1.29 is 27.9 Å². The van der Waals surface area contributed by atoms with Crippen molar-refractivity contribution in [3.8, 4) is 22.6 Å². The topological polar surface area (TPSA) is 112 Å². The molecule has 1 saturated carbocycles. The number of carboxylic acid groups (broad SMARTS) is 1. The van der Waals surface area contributed by atoms with Crippen molar-refractivity contribution in [2.45, 2.75) is 52.1 Å². The van der Waals surface area contributed by atoms with Gasteiger partial charge in [0, 0.05) is 42.9 Å². The predicted molar refractivity (Wildman–Crippen MR) is 134 cm³/mol. The van der Waals surface area contributed by atoms with Gasteiger partial charge in [0.25, 0.3) is 5.91 Å². The fraction of sp³-hybridized carbons (Fsp3) is 0.444. The smallest absolute Gasteiger partial charge is 0.475 e. The number of carbonyl (C=O) groups excluding carboxylic acids is 1. The molecule has 4 heterocycles. The number of aryl methyl sites for hydroxylation is 2. The van der Waals surface area contributed by atoms with E-state index in [4.69, 9.17) is 9.90 Å². The Balaban J connectivity index is 0.000000426. The molecular weight excluding hydrogens is 499 g/mol. The lowest BCUT2D eigenvalue weighted by Gasteiger charge is -2.41. The standard InChI is InChI=1S/C25H29N5O.C2HF3O2/c1-16-17(2)29-24(28-16)23-12-19(7-9-27-23)21-11-22(14-26-13-21)25(31)30-10-8-18-5-3-4-6-20(18)15-30;3-2(4,5)1(6)7/h7,9,11-14,18,20H,3-6,8,10,15H2,1-2H3,(H,28,29);(H,6,7)/t18-,20+;/m0./s1. The Kier molecular flexibility index (Phi) is 8.13. The Morgan fingerprint density at radius 1 is 1.05 bits per heavy atom. The number of imidazole rings is 1. The van der Waals surface area contributed by atoms with Crippen LogP contribution in [0.4, 0.5) is 13.2 Å². The van der Waals surface area contributed by atoms with E-state index in [-0.39, 0.29) is 5.91 Å². The van der Waals surface area contributed by atoms with Gasteiger partial charge < -0.3 is 15.0 Å². The van der Waals surface area contributed by atoms with Gasteiger partial charge in [0.15, 0.2) is 5.82 Å². The third-order valence-corrected chi connectivity index (χ3v) is 7.27. The molecule has 3 aromatic heterocycles. The molecule has 3 aromatic rings. The number of carbonyl (C=O) groups is 2. The van der Waals surface area contributed by atoms with E-state index in [2.05, 4.69) is 19.9 Å². The summed E-state index contributed by atoms with van der Waals surface area (Å²) in [5.74, 6) is -0.415. The van der Waals surface area contributed by atoms with E-state index < -0.39 is 12.1 Å². The fourth-order valence-corrected chi connectivity index (χ4v) is 5.09. The number of nitrogens with one attached hydrogen (secondary N) is 1. The van der Waals surface area contributed by atoms with Gasteiger partial charge in [-0.15, -0.1) is 0 Å². The van der Waals surface area contributed by atoms with Crippen LogP contribution in [0.5, 0.6) is 0 Å². The van der Waals surface area contributed by atoms with Gasteiger partial charge in [-0.2, -0.15) is 13.2 Å². The summed E-state index contributed by atoms with van der Waals surface area (Å²) in [7, 11) is 0. The Labute approximate surface area is 218 Å². The first-order valence-corrected chi connectivity index (χ1v) is 12.6. The average Bonchev–Trinajstić information content (AvgIpc) is 3.26. The van der Waals surface area contributed by atoms with Crippen LogP contribution in [0.1, 0.15) is 53.8 Å². The van der Waals surface area contributed by atoms with Gasteiger partial charge in [-0.3, -0.25) is 14.8 Å². The summed E-state index contributed by atoms with van der Waals surface area (Å²) >= 11 is 0. The summed E-state index contributed by atoms with van der Waals surface area (Å²) in [6.45, 7) is 5.74. The van der Waals surface area contributed by atoms with Crippen LogP contribution < -0.4 is 0 Å². The van der Waals surface area contributed by atoms with Gasteiger partial charge in [-0.25, -0.2) is 9.78 Å². The summed E-state index contributed by atoms with van der Waals surface area (Å²) < 4.78 is 31.7. The molecule has 1 saturated heterocycles. The van der Waals surface area contributed by atoms with Gasteiger partial charge in [-0.05, 0) is 62.3 Å². The number of hydrogen-bond acceptors (Lipinski definition) is 5. The van der Waals surface area contributed by atoms with E-state index in [1.165, 1.54) is 25.7 Å². The fourth-order valence-electron chi connectivity index (χ4n) is 5.09. The van der Waals surface area contributed by atoms with Crippen LogP contribution in [-0.2, 0) is 4.79 Å². The summed E-state index contributed by atoms with van der Waals surface area (Å²) in [6, 6.07) is 5.90. The molecule has 0 radical (unpaired) electrons. The number of nitrogens with zero attached hydrogens (tertiary/aromatic N) is 4. The zero-order chi connectivity index (χ0) is 27.4. The van der Waals surface area contributed by atoms with Gasteiger partial charge in [0.2, 0.25) is 0 Å². The number of amides is 1. The van der Waals surface area contributed by atoms with Crippen molar-refractivity contribution in [1.29, 1.82) is 0 Å². The largest absolute Gasteiger partial charge is 0.490 e. The van der Waals surface area contributed by atoms with Crippen LogP contribution in [0.2, 0.25) is 0 Å². The molecule has 1 aliphatic carbocycles. The van der Waals surface area contributed by atoms with Gasteiger partial charge in [0.1, 0.15) is 5.69 Å². The molecule has 2 aliphatic rings. The summed E-state index contributed by atoms with van der Waals surface area (Å²) in [4.78, 5) is 40.9. The summed E-state index contributed by atoms with van der Waals surface area (Å²) in [6.07, 6.45) is 6.59. The van der Waals surface area contributed by atoms with E-state index in [1.807, 2.05) is 43.1 Å². The molecule has 0 bridgehead atoms. The number of alkyl halides is 3. The third kappa shape index (κ3) is 6.38. The van der Waals surface area contributed by atoms with Crippen molar-refractivity contribution in [3.63, 3.8) is 0 Å². The van der Waals surface area contributed by atoms with Crippen LogP contribution >= 0.6 is 0 Å². The SMILES string of the molecule is Cc1nc(-c2cc(-c3cncc(C(=O)N4CC[C@@H]5CCCC[C@@H]5C4)c3)ccn2)[nH]c1C.O=C(O)C(F)(F)F. The molecule has 0 aromatic carbocycles. The number of rotatable bonds is 3. The minimum atomic E-state index is -5.08. The number of pyridine rings is 2. The Morgan fingerprint density at radius 3 is 2.42 bits per heavy atom. The number of likely N-dealkylation sites (tertiary alicyclic amines) is 1. The minimum absolute atomic E-state index is 0.102. The van der Waals surface area contributed by atoms with Crippen LogP contribution in [0, 0.1) is 25.7 Å². The van der Waals surface area contributed by atoms with Crippen molar-refractivity contribution in [3.05, 3.63) is 53.7 Å². The van der Waals surface area contributed by atoms with Crippen LogP contribution in [0.25, 0.3) is 22.6 Å². The van der Waals surface area contributed by atoms with E-state index >= 15 is 0 Å². The first-order valence-electron chi connectivity index (χ1n) is 12.6. The van der Waals surface area contributed by atoms with Crippen LogP contribution in [0.15, 0.2) is 36.8 Å². The number of fused-ring (bicyclic) bond motifs is 1. The highest BCUT2D eigenvalue weighted by molar-refractivity contribution is 5.95. The monoisotopic (exact) mass is 529 g/mol. The van der Waals surface area contributed by atoms with Gasteiger partial charge in [0.05, 0.1) is 11.3 Å². The molecule has 5 rings (SSSR count). The number of aromatic amines is 1. The van der Waals surface area contributed by atoms with Crippen molar-refractivity contribution >= 4 is 11.9 Å². The van der Waals surface area contributed by atoms with E-state index in [1.54, 1.807) is 12.4 Å². The Bertz CT molecular complexity index is 1290. The highest BCUT2D eigenvalue weighted by atomic mass is 19.4. The number of carboxylic acids is 1. The zero-order valence-electron chi connectivity index (χ0n) is 21.3. The molecule has 2 N–H and O–H groups in total. The zero-order valence-corrected chi connectivity index (χ0v) is 21.3. The average molecular weight is 530 g/mol. The molecule has 0 spiro atoms. The van der Waals surface area contributed by atoms with Crippen molar-refractivity contribution in [2.24, 2.45) is 11.8 Å². The van der Waals surface area contributed by atoms with E-state index in [9.17, 15) is 18.0 Å². The normalized spacial score (nSPS) is 19.2. The second-order valence-corrected chi connectivity index (χ2v) is 9.84. The number of halogens is 3. The van der Waals surface area contributed by atoms with Crippen LogP contribution in [0.3, 0.4) is 0 Å². The van der Waals surface area contributed by atoms with E-state index in [0.29, 0.717) is 11.5 Å². The quantitative estimate of drug-likeness (QED) is 0.468. The molecule has 202 valence electrons. The molecule has 38 heavy (non-hydrogen) atoms. The van der Waals surface area contributed by atoms with Crippen LogP contribution in [-0.4, -0.2) is 61.1 Å². The first-order chi connectivity index (χ1) is 18.0. The number of aliphatic carboxylic acids is 1. The molecule has 2 fully saturated rings. The maximum Gasteiger partial charge on any atom is 0.490 e. The second kappa shape index (κ2) is 11.3. The Hall–Kier alpha value is -3.76. The molecule has 1 aliphatic heterocycles. The lowest BCUT2D eigenvalue weighted by molar-refractivity contribution is -0.192. The van der Waals surface area contributed by atoms with Gasteiger partial charge in [-0.1, -0.05) is 19.3 Å². The number of hydrogen-bond donors (Lipinski definition) is 2.